The van der Waals surface area contributed by atoms with Gasteiger partial charge in [-0.3, -0.25) is 9.59 Å². The molecule has 13 heteroatoms. The van der Waals surface area contributed by atoms with E-state index in [4.69, 9.17) is 18.9 Å². The first-order chi connectivity index (χ1) is 26.5. The first-order valence-electron chi connectivity index (χ1n) is 21.4. The maximum atomic E-state index is 14.6. The van der Waals surface area contributed by atoms with Gasteiger partial charge in [-0.25, -0.2) is 4.79 Å². The van der Waals surface area contributed by atoms with Crippen molar-refractivity contribution < 1.29 is 58.9 Å². The lowest BCUT2D eigenvalue weighted by Crippen LogP contribution is -2.68. The highest BCUT2D eigenvalue weighted by molar-refractivity contribution is 5.79. The van der Waals surface area contributed by atoms with Gasteiger partial charge in [-0.2, -0.15) is 0 Å². The number of ether oxygens (including phenoxy) is 4. The quantitative estimate of drug-likeness (QED) is 0.106. The van der Waals surface area contributed by atoms with Crippen molar-refractivity contribution >= 4 is 17.8 Å². The molecule has 0 bridgehead atoms. The highest BCUT2D eigenvalue weighted by atomic mass is 16.7. The molecule has 1 saturated heterocycles. The van der Waals surface area contributed by atoms with E-state index in [1.807, 2.05) is 0 Å². The summed E-state index contributed by atoms with van der Waals surface area (Å²) in [6.07, 6.45) is 4.12. The zero-order chi connectivity index (χ0) is 42.1. The number of allylic oxidation sites excluding steroid dienone is 2. The van der Waals surface area contributed by atoms with Gasteiger partial charge >= 0.3 is 11.9 Å². The van der Waals surface area contributed by atoms with Crippen molar-refractivity contribution in [3.63, 3.8) is 0 Å². The highest BCUT2D eigenvalue weighted by Crippen LogP contribution is 2.75. The largest absolute Gasteiger partial charge is 0.465 e. The van der Waals surface area contributed by atoms with Gasteiger partial charge in [-0.15, -0.1) is 0 Å². The zero-order valence-electron chi connectivity index (χ0n) is 35.8. The molecular formula is C44H71NO12. The number of carbonyl (C=O) groups excluding carboxylic acids is 3. The van der Waals surface area contributed by atoms with Gasteiger partial charge in [0.15, 0.2) is 0 Å². The summed E-state index contributed by atoms with van der Waals surface area (Å²) in [5.74, 6) is -3.23. The summed E-state index contributed by atoms with van der Waals surface area (Å²) >= 11 is 0. The van der Waals surface area contributed by atoms with Crippen LogP contribution in [0.2, 0.25) is 0 Å². The van der Waals surface area contributed by atoms with Crippen LogP contribution in [0.25, 0.3) is 0 Å². The zero-order valence-corrected chi connectivity index (χ0v) is 35.8. The maximum absolute atomic E-state index is 14.6. The van der Waals surface area contributed by atoms with E-state index in [9.17, 15) is 39.9 Å². The highest BCUT2D eigenvalue weighted by Gasteiger charge is 2.69. The Kier molecular flexibility index (Phi) is 12.0. The van der Waals surface area contributed by atoms with Crippen molar-refractivity contribution in [1.82, 2.24) is 5.32 Å². The number of esters is 2. The molecule has 14 atom stereocenters. The number of methoxy groups -OCH3 is 1. The molecule has 0 spiro atoms. The normalized spacial score (nSPS) is 44.4. The predicted molar refractivity (Wildman–Crippen MR) is 209 cm³/mol. The SMILES string of the molecule is COC(=O)[C@@]1(OCCOC(=O)[C@]23CCC(C)(C)C[C@@H]2C2=CC[C@@H]4[C@@]5(C)CC[C@H](O)C(C)(C)[C@@H]5CC[C@@]4(C)[C@]2(C)CC3)C[C@H](O)[C@@H](NC(C)=O)[C@H]([C@H](O)[C@H](O)CO)O1. The summed E-state index contributed by atoms with van der Waals surface area (Å²) in [5, 5.41) is 55.3. The number of rotatable bonds is 10. The fourth-order valence-electron chi connectivity index (χ4n) is 13.5. The molecule has 1 aliphatic heterocycles. The van der Waals surface area contributed by atoms with E-state index in [1.165, 1.54) is 12.5 Å². The number of amides is 1. The topological polar surface area (TPSA) is 201 Å². The molecule has 0 aromatic heterocycles. The molecule has 0 aromatic rings. The molecule has 1 heterocycles. The van der Waals surface area contributed by atoms with E-state index in [2.05, 4.69) is 59.9 Å². The number of hydrogen-bond acceptors (Lipinski definition) is 12. The van der Waals surface area contributed by atoms with E-state index < -0.39 is 66.6 Å². The minimum atomic E-state index is -2.28. The number of carbonyl (C=O) groups is 3. The number of nitrogens with one attached hydrogen (secondary N) is 1. The van der Waals surface area contributed by atoms with Crippen LogP contribution in [0.4, 0.5) is 0 Å². The van der Waals surface area contributed by atoms with Gasteiger partial charge < -0.3 is 49.8 Å². The molecule has 0 unspecified atom stereocenters. The molecule has 13 nitrogen and oxygen atoms in total. The van der Waals surface area contributed by atoms with E-state index in [-0.39, 0.29) is 58.3 Å². The smallest absolute Gasteiger partial charge is 0.366 e. The van der Waals surface area contributed by atoms with E-state index in [1.54, 1.807) is 0 Å². The Bertz CT molecular complexity index is 1580. The first kappa shape index (κ1) is 44.4. The molecular weight excluding hydrogens is 734 g/mol. The number of hydrogen-bond donors (Lipinski definition) is 6. The number of aliphatic hydroxyl groups excluding tert-OH is 5. The summed E-state index contributed by atoms with van der Waals surface area (Å²) in [7, 11) is 1.10. The Labute approximate surface area is 338 Å². The van der Waals surface area contributed by atoms with Crippen molar-refractivity contribution in [2.24, 2.45) is 50.2 Å². The van der Waals surface area contributed by atoms with E-state index in [0.717, 1.165) is 58.5 Å². The molecule has 5 fully saturated rings. The summed E-state index contributed by atoms with van der Waals surface area (Å²) in [4.78, 5) is 39.8. The number of fused-ring (bicyclic) bond motifs is 7. The molecule has 6 aliphatic rings. The molecule has 6 N–H and O–H groups in total. The summed E-state index contributed by atoms with van der Waals surface area (Å²) < 4.78 is 23.0. The number of aliphatic hydroxyl groups is 5. The molecule has 5 aliphatic carbocycles. The van der Waals surface area contributed by atoms with Gasteiger partial charge in [0.1, 0.15) is 24.9 Å². The second-order valence-electron chi connectivity index (χ2n) is 20.8. The van der Waals surface area contributed by atoms with Crippen LogP contribution in [0.15, 0.2) is 11.6 Å². The molecule has 57 heavy (non-hydrogen) atoms. The van der Waals surface area contributed by atoms with Crippen LogP contribution in [0, 0.1) is 50.2 Å². The van der Waals surface area contributed by atoms with Crippen molar-refractivity contribution in [2.75, 3.05) is 26.9 Å². The average Bonchev–Trinajstić information content (AvgIpc) is 3.14. The third-order valence-electron chi connectivity index (χ3n) is 17.0. The van der Waals surface area contributed by atoms with Crippen molar-refractivity contribution in [3.05, 3.63) is 11.6 Å². The Morgan fingerprint density at radius 1 is 0.895 bits per heavy atom. The molecule has 0 radical (unpaired) electrons. The Balaban J connectivity index is 1.22. The van der Waals surface area contributed by atoms with Crippen LogP contribution in [-0.2, 0) is 33.3 Å². The molecule has 4 saturated carbocycles. The van der Waals surface area contributed by atoms with Crippen LogP contribution in [0.3, 0.4) is 0 Å². The summed E-state index contributed by atoms with van der Waals surface area (Å²) in [6.45, 7) is 16.4. The van der Waals surface area contributed by atoms with E-state index >= 15 is 0 Å². The molecule has 6 rings (SSSR count). The average molecular weight is 806 g/mol. The van der Waals surface area contributed by atoms with Crippen LogP contribution in [0.1, 0.15) is 126 Å². The molecule has 0 aromatic carbocycles. The van der Waals surface area contributed by atoms with Crippen molar-refractivity contribution in [1.29, 1.82) is 0 Å². The van der Waals surface area contributed by atoms with Gasteiger partial charge in [0.25, 0.3) is 5.79 Å². The molecule has 1 amide bonds. The minimum absolute atomic E-state index is 0.00508. The predicted octanol–water partition coefficient (Wildman–Crippen LogP) is 3.95. The minimum Gasteiger partial charge on any atom is -0.465 e. The summed E-state index contributed by atoms with van der Waals surface area (Å²) in [6, 6.07) is -1.26. The third kappa shape index (κ3) is 7.10. The van der Waals surface area contributed by atoms with Crippen molar-refractivity contribution in [3.8, 4) is 0 Å². The second-order valence-corrected chi connectivity index (χ2v) is 20.8. The van der Waals surface area contributed by atoms with Crippen molar-refractivity contribution in [2.45, 2.75) is 168 Å². The van der Waals surface area contributed by atoms with Gasteiger partial charge in [-0.1, -0.05) is 60.1 Å². The molecule has 324 valence electrons. The monoisotopic (exact) mass is 805 g/mol. The van der Waals surface area contributed by atoms with Crippen LogP contribution in [0.5, 0.6) is 0 Å². The van der Waals surface area contributed by atoms with Crippen LogP contribution < -0.4 is 5.32 Å². The fourth-order valence-corrected chi connectivity index (χ4v) is 13.5. The standard InChI is InChI=1S/C44H71NO12/c1-25(47)45-33-28(48)23-44(37(53)54-9,57-35(33)34(51)29(49)24-46)56-21-20-55-36(52)43-18-16-38(2,3)22-27(43)26-10-11-31-40(6)14-13-32(50)39(4,5)30(40)12-15-42(31,8)41(26,7)17-19-43/h10,27-35,46,48-51H,11-24H2,1-9H3,(H,45,47)/t27-,28+,29-,30+,31-,32+,33-,34-,35-,40+,41-,42-,43+,44-/m1/s1. The lowest BCUT2D eigenvalue weighted by Gasteiger charge is -2.71. The van der Waals surface area contributed by atoms with Gasteiger partial charge in [-0.05, 0) is 109 Å². The Morgan fingerprint density at radius 3 is 2.23 bits per heavy atom. The van der Waals surface area contributed by atoms with Crippen LogP contribution >= 0.6 is 0 Å². The first-order valence-corrected chi connectivity index (χ1v) is 21.4. The Hall–Kier alpha value is -2.13. The lowest BCUT2D eigenvalue weighted by molar-refractivity contribution is -0.313. The Morgan fingerprint density at radius 2 is 1.58 bits per heavy atom. The summed E-state index contributed by atoms with van der Waals surface area (Å²) in [5.41, 5.74) is 0.637. The maximum Gasteiger partial charge on any atom is 0.366 e. The third-order valence-corrected chi connectivity index (χ3v) is 17.0. The van der Waals surface area contributed by atoms with Crippen LogP contribution in [-0.4, -0.2) is 113 Å². The fraction of sp³-hybridized carbons (Fsp3) is 0.886. The second kappa shape index (κ2) is 15.4. The van der Waals surface area contributed by atoms with Gasteiger partial charge in [0, 0.05) is 13.3 Å². The lowest BCUT2D eigenvalue weighted by atomic mass is 9.33. The van der Waals surface area contributed by atoms with Gasteiger partial charge in [0.05, 0.1) is 44.0 Å². The van der Waals surface area contributed by atoms with Gasteiger partial charge in [0.2, 0.25) is 5.91 Å². The van der Waals surface area contributed by atoms with E-state index in [0.29, 0.717) is 24.7 Å².